The van der Waals surface area contributed by atoms with Gasteiger partial charge >= 0.3 is 0 Å². The Morgan fingerprint density at radius 2 is 1.88 bits per heavy atom. The Hall–Kier alpha value is -1.52. The first-order chi connectivity index (χ1) is 15.9. The van der Waals surface area contributed by atoms with Gasteiger partial charge in [-0.3, -0.25) is 4.90 Å². The van der Waals surface area contributed by atoms with Gasteiger partial charge in [0.25, 0.3) is 0 Å². The molecular weight excluding hydrogens is 408 g/mol. The van der Waals surface area contributed by atoms with E-state index in [1.807, 2.05) is 7.11 Å². The molecule has 0 N–H and O–H groups in total. The standard InChI is InChI=1S/C29H46N2O2/c1-22(2)33-28-12-11-26(17-23(28)3)24(4)30-15-13-29(14-16-30)18-25(20-32-5)19-31(21-29)27-9-7-6-8-10-27/h11-12,17,22,25,27H,4,6-10,13-16,18-21H2,1-3,5H3. The summed E-state index contributed by atoms with van der Waals surface area (Å²) in [6.07, 6.45) is 11.1. The molecule has 33 heavy (non-hydrogen) atoms. The summed E-state index contributed by atoms with van der Waals surface area (Å²) in [6, 6.07) is 7.33. The second kappa shape index (κ2) is 10.8. The summed E-state index contributed by atoms with van der Waals surface area (Å²) in [6.45, 7) is 16.5. The van der Waals surface area contributed by atoms with Gasteiger partial charge in [-0.05, 0) is 93.5 Å². The smallest absolute Gasteiger partial charge is 0.122 e. The van der Waals surface area contributed by atoms with Crippen molar-refractivity contribution in [2.45, 2.75) is 84.3 Å². The van der Waals surface area contributed by atoms with E-state index in [1.54, 1.807) is 0 Å². The van der Waals surface area contributed by atoms with Crippen molar-refractivity contribution in [3.63, 3.8) is 0 Å². The molecule has 0 bridgehead atoms. The van der Waals surface area contributed by atoms with Crippen molar-refractivity contribution < 1.29 is 9.47 Å². The molecule has 1 unspecified atom stereocenters. The van der Waals surface area contributed by atoms with Gasteiger partial charge in [0.2, 0.25) is 0 Å². The van der Waals surface area contributed by atoms with Crippen LogP contribution in [0.25, 0.3) is 5.70 Å². The molecule has 1 spiro atoms. The number of ether oxygens (including phenoxy) is 2. The van der Waals surface area contributed by atoms with Gasteiger partial charge in [0.15, 0.2) is 0 Å². The fourth-order valence-corrected chi connectivity index (χ4v) is 6.65. The molecule has 0 amide bonds. The van der Waals surface area contributed by atoms with Gasteiger partial charge in [0, 0.05) is 45.0 Å². The minimum Gasteiger partial charge on any atom is -0.491 e. The molecule has 3 fully saturated rings. The summed E-state index contributed by atoms with van der Waals surface area (Å²) in [5.74, 6) is 1.66. The lowest BCUT2D eigenvalue weighted by atomic mass is 9.68. The monoisotopic (exact) mass is 454 g/mol. The fourth-order valence-electron chi connectivity index (χ4n) is 6.65. The van der Waals surface area contributed by atoms with Crippen molar-refractivity contribution in [2.24, 2.45) is 11.3 Å². The van der Waals surface area contributed by atoms with E-state index in [0.29, 0.717) is 11.3 Å². The largest absolute Gasteiger partial charge is 0.491 e. The van der Waals surface area contributed by atoms with Gasteiger partial charge in [-0.25, -0.2) is 0 Å². The normalized spacial score (nSPS) is 24.4. The number of hydrogen-bond donors (Lipinski definition) is 0. The Balaban J connectivity index is 1.40. The van der Waals surface area contributed by atoms with E-state index in [9.17, 15) is 0 Å². The molecule has 3 aliphatic rings. The highest BCUT2D eigenvalue weighted by Crippen LogP contribution is 2.44. The number of likely N-dealkylation sites (tertiary alicyclic amines) is 2. The van der Waals surface area contributed by atoms with Crippen molar-refractivity contribution in [3.05, 3.63) is 35.9 Å². The van der Waals surface area contributed by atoms with Crippen LogP contribution in [0, 0.1) is 18.3 Å². The molecule has 2 aliphatic heterocycles. The third-order valence-corrected chi connectivity index (χ3v) is 8.32. The van der Waals surface area contributed by atoms with E-state index >= 15 is 0 Å². The summed E-state index contributed by atoms with van der Waals surface area (Å²) in [5.41, 5.74) is 4.02. The van der Waals surface area contributed by atoms with Crippen LogP contribution >= 0.6 is 0 Å². The zero-order valence-corrected chi connectivity index (χ0v) is 21.6. The average Bonchev–Trinajstić information content (AvgIpc) is 2.81. The van der Waals surface area contributed by atoms with Crippen LogP contribution in [0.15, 0.2) is 24.8 Å². The molecule has 0 aromatic heterocycles. The highest BCUT2D eigenvalue weighted by atomic mass is 16.5. The second-order valence-corrected chi connectivity index (χ2v) is 11.3. The number of hydrogen-bond acceptors (Lipinski definition) is 4. The molecule has 1 saturated carbocycles. The predicted octanol–water partition coefficient (Wildman–Crippen LogP) is 6.14. The predicted molar refractivity (Wildman–Crippen MR) is 138 cm³/mol. The first-order valence-electron chi connectivity index (χ1n) is 13.3. The van der Waals surface area contributed by atoms with Crippen LogP contribution in [0.3, 0.4) is 0 Å². The van der Waals surface area contributed by atoms with Crippen LogP contribution in [0.1, 0.15) is 76.3 Å². The number of benzene rings is 1. The van der Waals surface area contributed by atoms with E-state index in [-0.39, 0.29) is 6.10 Å². The maximum atomic E-state index is 5.93. The van der Waals surface area contributed by atoms with Crippen LogP contribution in [-0.2, 0) is 4.74 Å². The Morgan fingerprint density at radius 3 is 2.52 bits per heavy atom. The molecule has 2 saturated heterocycles. The van der Waals surface area contributed by atoms with Gasteiger partial charge in [-0.15, -0.1) is 0 Å². The molecule has 1 aromatic carbocycles. The third kappa shape index (κ3) is 5.95. The third-order valence-electron chi connectivity index (χ3n) is 8.32. The SMILES string of the molecule is C=C(c1ccc(OC(C)C)c(C)c1)N1CCC2(CC1)CC(COC)CN(C1CCCCC1)C2. The molecule has 184 valence electrons. The van der Waals surface area contributed by atoms with Gasteiger partial charge in [-0.2, -0.15) is 0 Å². The molecule has 4 nitrogen and oxygen atoms in total. The quantitative estimate of drug-likeness (QED) is 0.494. The van der Waals surface area contributed by atoms with Crippen LogP contribution in [-0.4, -0.2) is 61.8 Å². The lowest BCUT2D eigenvalue weighted by molar-refractivity contribution is -0.0371. The number of nitrogens with zero attached hydrogens (tertiary/aromatic N) is 2. The van der Waals surface area contributed by atoms with E-state index in [0.717, 1.165) is 37.2 Å². The lowest BCUT2D eigenvalue weighted by Gasteiger charge is -2.53. The second-order valence-electron chi connectivity index (χ2n) is 11.3. The Kier molecular flexibility index (Phi) is 8.07. The van der Waals surface area contributed by atoms with Gasteiger partial charge < -0.3 is 14.4 Å². The van der Waals surface area contributed by atoms with Crippen LogP contribution in [0.2, 0.25) is 0 Å². The minimum atomic E-state index is 0.196. The molecule has 1 aliphatic carbocycles. The summed E-state index contributed by atoms with van der Waals surface area (Å²) in [7, 11) is 1.87. The van der Waals surface area contributed by atoms with Gasteiger partial charge in [0.05, 0.1) is 12.7 Å². The van der Waals surface area contributed by atoms with Crippen LogP contribution in [0.5, 0.6) is 5.75 Å². The molecule has 4 rings (SSSR count). The molecule has 1 aromatic rings. The van der Waals surface area contributed by atoms with E-state index < -0.39 is 0 Å². The first kappa shape index (κ1) is 24.6. The lowest BCUT2D eigenvalue weighted by Crippen LogP contribution is -2.55. The maximum Gasteiger partial charge on any atom is 0.122 e. The van der Waals surface area contributed by atoms with E-state index in [1.165, 1.54) is 75.6 Å². The van der Waals surface area contributed by atoms with Crippen molar-refractivity contribution in [1.82, 2.24) is 9.80 Å². The van der Waals surface area contributed by atoms with E-state index in [4.69, 9.17) is 9.47 Å². The number of aryl methyl sites for hydroxylation is 1. The number of rotatable bonds is 7. The Labute approximate surface area is 202 Å². The summed E-state index contributed by atoms with van der Waals surface area (Å²) in [5, 5.41) is 0. The van der Waals surface area contributed by atoms with Crippen molar-refractivity contribution >= 4 is 5.70 Å². The number of methoxy groups -OCH3 is 1. The summed E-state index contributed by atoms with van der Waals surface area (Å²) < 4.78 is 11.6. The zero-order chi connectivity index (χ0) is 23.4. The highest BCUT2D eigenvalue weighted by molar-refractivity contribution is 5.64. The van der Waals surface area contributed by atoms with Crippen LogP contribution in [0.4, 0.5) is 0 Å². The highest BCUT2D eigenvalue weighted by Gasteiger charge is 2.43. The summed E-state index contributed by atoms with van der Waals surface area (Å²) in [4.78, 5) is 5.39. The molecule has 0 radical (unpaired) electrons. The van der Waals surface area contributed by atoms with Crippen molar-refractivity contribution in [3.8, 4) is 5.75 Å². The Morgan fingerprint density at radius 1 is 1.15 bits per heavy atom. The summed E-state index contributed by atoms with van der Waals surface area (Å²) >= 11 is 0. The number of piperidine rings is 2. The van der Waals surface area contributed by atoms with Crippen molar-refractivity contribution in [2.75, 3.05) is 39.9 Å². The Bertz CT molecular complexity index is 791. The first-order valence-corrected chi connectivity index (χ1v) is 13.3. The topological polar surface area (TPSA) is 24.9 Å². The molecule has 2 heterocycles. The molecule has 1 atom stereocenters. The van der Waals surface area contributed by atoms with E-state index in [2.05, 4.69) is 55.3 Å². The van der Waals surface area contributed by atoms with Crippen molar-refractivity contribution in [1.29, 1.82) is 0 Å². The van der Waals surface area contributed by atoms with Crippen LogP contribution < -0.4 is 4.74 Å². The van der Waals surface area contributed by atoms with Gasteiger partial charge in [0.1, 0.15) is 5.75 Å². The van der Waals surface area contributed by atoms with Gasteiger partial charge in [-0.1, -0.05) is 25.8 Å². The minimum absolute atomic E-state index is 0.196. The zero-order valence-electron chi connectivity index (χ0n) is 21.6. The maximum absolute atomic E-state index is 5.93. The average molecular weight is 455 g/mol. The molecule has 4 heteroatoms. The molecular formula is C29H46N2O2. The fraction of sp³-hybridized carbons (Fsp3) is 0.724.